The van der Waals surface area contributed by atoms with Crippen LogP contribution in [0.15, 0.2) is 53.4 Å². The fourth-order valence-corrected chi connectivity index (χ4v) is 4.08. The second-order valence-corrected chi connectivity index (χ2v) is 8.76. The lowest BCUT2D eigenvalue weighted by Gasteiger charge is -2.18. The van der Waals surface area contributed by atoms with E-state index in [9.17, 15) is 13.2 Å². The number of sulfonamides is 1. The molecule has 2 N–H and O–H groups in total. The summed E-state index contributed by atoms with van der Waals surface area (Å²) in [5.41, 5.74) is 0.556. The zero-order chi connectivity index (χ0) is 19.9. The van der Waals surface area contributed by atoms with Crippen molar-refractivity contribution in [2.24, 2.45) is 0 Å². The number of rotatable bonds is 9. The van der Waals surface area contributed by atoms with Crippen molar-refractivity contribution in [1.29, 1.82) is 0 Å². The van der Waals surface area contributed by atoms with Crippen LogP contribution in [0, 0.1) is 0 Å². The minimum absolute atomic E-state index is 0.0540. The zero-order valence-corrected chi connectivity index (χ0v) is 17.3. The number of amides is 1. The minimum Gasteiger partial charge on any atom is -0.497 e. The molecular formula is C18H21ClN2O4S2. The summed E-state index contributed by atoms with van der Waals surface area (Å²) in [6, 6.07) is 11.7. The van der Waals surface area contributed by atoms with Gasteiger partial charge in [-0.15, -0.1) is 0 Å². The highest BCUT2D eigenvalue weighted by Gasteiger charge is 2.25. The molecule has 0 aromatic heterocycles. The lowest BCUT2D eigenvalue weighted by Crippen LogP contribution is -2.44. The van der Waals surface area contributed by atoms with Crippen LogP contribution >= 0.6 is 23.4 Å². The van der Waals surface area contributed by atoms with Gasteiger partial charge >= 0.3 is 0 Å². The van der Waals surface area contributed by atoms with Crippen molar-refractivity contribution in [2.75, 3.05) is 24.4 Å². The van der Waals surface area contributed by atoms with Crippen LogP contribution in [0.5, 0.6) is 5.75 Å². The Hall–Kier alpha value is -1.74. The van der Waals surface area contributed by atoms with Crippen LogP contribution in [-0.4, -0.2) is 39.5 Å². The second kappa shape index (κ2) is 9.98. The van der Waals surface area contributed by atoms with Crippen LogP contribution in [-0.2, 0) is 14.8 Å². The van der Waals surface area contributed by atoms with Gasteiger partial charge in [-0.3, -0.25) is 4.79 Å². The van der Waals surface area contributed by atoms with Gasteiger partial charge < -0.3 is 10.1 Å². The van der Waals surface area contributed by atoms with E-state index in [-0.39, 0.29) is 4.90 Å². The summed E-state index contributed by atoms with van der Waals surface area (Å²) < 4.78 is 32.8. The van der Waals surface area contributed by atoms with E-state index in [2.05, 4.69) is 10.0 Å². The quantitative estimate of drug-likeness (QED) is 0.639. The highest BCUT2D eigenvalue weighted by atomic mass is 35.5. The average molecular weight is 429 g/mol. The maximum Gasteiger partial charge on any atom is 0.242 e. The molecule has 0 aliphatic rings. The summed E-state index contributed by atoms with van der Waals surface area (Å²) in [5.74, 6) is 0.867. The van der Waals surface area contributed by atoms with Crippen LogP contribution in [0.1, 0.15) is 6.42 Å². The van der Waals surface area contributed by atoms with Crippen LogP contribution in [0.2, 0.25) is 5.02 Å². The Labute approximate surface area is 168 Å². The second-order valence-electron chi connectivity index (χ2n) is 5.63. The van der Waals surface area contributed by atoms with Crippen LogP contribution in [0.3, 0.4) is 0 Å². The monoisotopic (exact) mass is 428 g/mol. The molecule has 0 saturated carbocycles. The molecule has 1 amide bonds. The number of nitrogens with one attached hydrogen (secondary N) is 2. The highest BCUT2D eigenvalue weighted by Crippen LogP contribution is 2.17. The van der Waals surface area contributed by atoms with Crippen molar-refractivity contribution in [2.45, 2.75) is 17.4 Å². The topological polar surface area (TPSA) is 84.5 Å². The third-order valence-corrected chi connectivity index (χ3v) is 6.09. The fourth-order valence-electron chi connectivity index (χ4n) is 2.25. The Balaban J connectivity index is 2.14. The maximum atomic E-state index is 12.6. The number of hydrogen-bond donors (Lipinski definition) is 2. The van der Waals surface area contributed by atoms with Crippen molar-refractivity contribution < 1.29 is 17.9 Å². The first-order chi connectivity index (χ1) is 12.9. The van der Waals surface area contributed by atoms with Gasteiger partial charge in [-0.1, -0.05) is 11.6 Å². The van der Waals surface area contributed by atoms with Gasteiger partial charge in [0.2, 0.25) is 15.9 Å². The largest absolute Gasteiger partial charge is 0.497 e. The Bertz CT molecular complexity index is 856. The van der Waals surface area contributed by atoms with Gasteiger partial charge in [-0.05, 0) is 67.0 Å². The zero-order valence-electron chi connectivity index (χ0n) is 14.9. The summed E-state index contributed by atoms with van der Waals surface area (Å²) in [6.07, 6.45) is 2.25. The standard InChI is InChI=1S/C18H21ClN2O4S2/c1-25-15-7-5-14(6-8-15)20-18(22)17(11-12-26-2)21-27(23,24)16-9-3-13(19)4-10-16/h3-10,17,21H,11-12H2,1-2H3,(H,20,22). The van der Waals surface area contributed by atoms with Crippen molar-refractivity contribution in [3.63, 3.8) is 0 Å². The van der Waals surface area contributed by atoms with Crippen molar-refractivity contribution in [3.05, 3.63) is 53.6 Å². The van der Waals surface area contributed by atoms with E-state index >= 15 is 0 Å². The Kier molecular flexibility index (Phi) is 7.97. The third kappa shape index (κ3) is 6.42. The molecule has 27 heavy (non-hydrogen) atoms. The first-order valence-corrected chi connectivity index (χ1v) is 11.3. The van der Waals surface area contributed by atoms with Crippen LogP contribution in [0.25, 0.3) is 0 Å². The number of methoxy groups -OCH3 is 1. The Morgan fingerprint density at radius 2 is 1.78 bits per heavy atom. The van der Waals surface area contributed by atoms with E-state index in [4.69, 9.17) is 16.3 Å². The number of carbonyl (C=O) groups excluding carboxylic acids is 1. The molecule has 0 fully saturated rings. The molecule has 1 unspecified atom stereocenters. The van der Waals surface area contributed by atoms with E-state index in [1.165, 1.54) is 36.0 Å². The predicted octanol–water partition coefficient (Wildman–Crippen LogP) is 3.39. The molecule has 2 aromatic carbocycles. The molecule has 1 atom stereocenters. The molecule has 0 aliphatic carbocycles. The third-order valence-electron chi connectivity index (χ3n) is 3.71. The molecule has 0 heterocycles. The van der Waals surface area contributed by atoms with Gasteiger partial charge in [-0.2, -0.15) is 16.5 Å². The van der Waals surface area contributed by atoms with E-state index in [0.717, 1.165) is 0 Å². The number of anilines is 1. The number of carbonyl (C=O) groups is 1. The summed E-state index contributed by atoms with van der Waals surface area (Å²) in [7, 11) is -2.30. The van der Waals surface area contributed by atoms with Crippen molar-refractivity contribution >= 4 is 45.0 Å². The highest BCUT2D eigenvalue weighted by molar-refractivity contribution is 7.98. The summed E-state index contributed by atoms with van der Waals surface area (Å²) >= 11 is 7.34. The lowest BCUT2D eigenvalue weighted by atomic mass is 10.2. The number of thioether (sulfide) groups is 1. The van der Waals surface area contributed by atoms with Crippen LogP contribution < -0.4 is 14.8 Å². The molecule has 0 spiro atoms. The molecule has 2 aromatic rings. The molecule has 6 nitrogen and oxygen atoms in total. The number of hydrogen-bond acceptors (Lipinski definition) is 5. The number of benzene rings is 2. The first kappa shape index (κ1) is 21.6. The first-order valence-electron chi connectivity index (χ1n) is 8.07. The van der Waals surface area contributed by atoms with Gasteiger partial charge in [0.1, 0.15) is 11.8 Å². The summed E-state index contributed by atoms with van der Waals surface area (Å²) in [4.78, 5) is 12.7. The van der Waals surface area contributed by atoms with Gasteiger partial charge in [0.25, 0.3) is 0 Å². The van der Waals surface area contributed by atoms with Crippen molar-refractivity contribution in [3.8, 4) is 5.75 Å². The van der Waals surface area contributed by atoms with E-state index in [1.54, 1.807) is 31.4 Å². The fraction of sp³-hybridized carbons (Fsp3) is 0.278. The van der Waals surface area contributed by atoms with Gasteiger partial charge in [0, 0.05) is 10.7 Å². The predicted molar refractivity (Wildman–Crippen MR) is 110 cm³/mol. The molecule has 2 rings (SSSR count). The molecule has 146 valence electrons. The molecule has 0 bridgehead atoms. The maximum absolute atomic E-state index is 12.6. The minimum atomic E-state index is -3.85. The number of ether oxygens (including phenoxy) is 1. The van der Waals surface area contributed by atoms with Crippen molar-refractivity contribution in [1.82, 2.24) is 4.72 Å². The molecular weight excluding hydrogens is 408 g/mol. The molecule has 9 heteroatoms. The van der Waals surface area contributed by atoms with Gasteiger partial charge in [-0.25, -0.2) is 8.42 Å². The van der Waals surface area contributed by atoms with E-state index < -0.39 is 22.0 Å². The Morgan fingerprint density at radius 1 is 1.15 bits per heavy atom. The van der Waals surface area contributed by atoms with E-state index in [1.807, 2.05) is 6.26 Å². The van der Waals surface area contributed by atoms with Gasteiger partial charge in [0.05, 0.1) is 12.0 Å². The summed E-state index contributed by atoms with van der Waals surface area (Å²) in [6.45, 7) is 0. The Morgan fingerprint density at radius 3 is 2.33 bits per heavy atom. The number of halogens is 1. The molecule has 0 aliphatic heterocycles. The molecule has 0 saturated heterocycles. The lowest BCUT2D eigenvalue weighted by molar-refractivity contribution is -0.117. The average Bonchev–Trinajstić information content (AvgIpc) is 2.66. The molecule has 0 radical (unpaired) electrons. The smallest absolute Gasteiger partial charge is 0.242 e. The normalized spacial score (nSPS) is 12.4. The summed E-state index contributed by atoms with van der Waals surface area (Å²) in [5, 5.41) is 3.17. The van der Waals surface area contributed by atoms with Crippen LogP contribution in [0.4, 0.5) is 5.69 Å². The SMILES string of the molecule is COc1ccc(NC(=O)C(CCSC)NS(=O)(=O)c2ccc(Cl)cc2)cc1. The van der Waals surface area contributed by atoms with E-state index in [0.29, 0.717) is 28.6 Å². The van der Waals surface area contributed by atoms with Gasteiger partial charge in [0.15, 0.2) is 0 Å².